The van der Waals surface area contributed by atoms with Crippen molar-refractivity contribution in [2.45, 2.75) is 62.6 Å². The monoisotopic (exact) mass is 605 g/mol. The van der Waals surface area contributed by atoms with Gasteiger partial charge in [-0.25, -0.2) is 9.35 Å². The van der Waals surface area contributed by atoms with Crippen molar-refractivity contribution in [3.63, 3.8) is 0 Å². The molecule has 1 aromatic heterocycles. The summed E-state index contributed by atoms with van der Waals surface area (Å²) in [4.78, 5) is 20.5. The van der Waals surface area contributed by atoms with Gasteiger partial charge in [0, 0.05) is 17.3 Å². The van der Waals surface area contributed by atoms with Crippen LogP contribution in [0, 0.1) is 12.8 Å². The number of rotatable bonds is 6. The van der Waals surface area contributed by atoms with E-state index in [0.29, 0.717) is 12.5 Å². The van der Waals surface area contributed by atoms with E-state index in [1.54, 1.807) is 0 Å². The first kappa shape index (κ1) is 30.6. The minimum absolute atomic E-state index is 0.0632. The fourth-order valence-corrected chi connectivity index (χ4v) is 5.95. The molecule has 2 aliphatic rings. The molecule has 4 aromatic rings. The predicted octanol–water partition coefficient (Wildman–Crippen LogP) is 7.29. The number of nitrogens with zero attached hydrogens (tertiary/aromatic N) is 2. The zero-order chi connectivity index (χ0) is 30.6. The maximum atomic E-state index is 13.6. The molecule has 1 heterocycles. The summed E-state index contributed by atoms with van der Waals surface area (Å²) in [7, 11) is -1.73. The molecule has 1 amide bonds. The molecule has 1 saturated carbocycles. The van der Waals surface area contributed by atoms with Crippen LogP contribution in [0.3, 0.4) is 0 Å². The van der Waals surface area contributed by atoms with Crippen molar-refractivity contribution in [1.82, 2.24) is 4.98 Å². The van der Waals surface area contributed by atoms with Crippen molar-refractivity contribution in [1.29, 1.82) is 0 Å². The van der Waals surface area contributed by atoms with Gasteiger partial charge in [-0.15, -0.1) is 0 Å². The van der Waals surface area contributed by atoms with E-state index in [2.05, 4.69) is 47.4 Å². The summed E-state index contributed by atoms with van der Waals surface area (Å²) >= 11 is 0. The van der Waals surface area contributed by atoms with Gasteiger partial charge in [0.2, 0.25) is 5.91 Å². The van der Waals surface area contributed by atoms with Crippen molar-refractivity contribution in [3.05, 3.63) is 125 Å². The van der Waals surface area contributed by atoms with Crippen LogP contribution in [0.1, 0.15) is 58.8 Å². The number of nitrogens with two attached hydrogens (primary N) is 1. The molecule has 43 heavy (non-hydrogen) atoms. The van der Waals surface area contributed by atoms with E-state index in [1.165, 1.54) is 29.5 Å². The third-order valence-corrected chi connectivity index (χ3v) is 8.66. The lowest BCUT2D eigenvalue weighted by molar-refractivity contribution is -0.137. The molecule has 224 valence electrons. The Morgan fingerprint density at radius 3 is 2.28 bits per heavy atom. The van der Waals surface area contributed by atoms with E-state index >= 15 is 0 Å². The Bertz CT molecular complexity index is 1590. The lowest BCUT2D eigenvalue weighted by atomic mass is 9.91. The van der Waals surface area contributed by atoms with Crippen LogP contribution in [0.4, 0.5) is 18.9 Å². The molecule has 9 heteroatoms. The van der Waals surface area contributed by atoms with Crippen LogP contribution in [0.5, 0.6) is 0 Å². The van der Waals surface area contributed by atoms with Gasteiger partial charge in [-0.3, -0.25) is 9.78 Å². The Morgan fingerprint density at radius 1 is 0.930 bits per heavy atom. The number of carbonyl (C=O) groups excluding carboxylic acids is 1. The smallest absolute Gasteiger partial charge is 0.306 e. The second-order valence-electron chi connectivity index (χ2n) is 11.0. The second-order valence-corrected chi connectivity index (χ2v) is 12.1. The Labute approximate surface area is 252 Å². The number of carbonyl (C=O) groups is 1. The number of alkyl halides is 3. The highest BCUT2D eigenvalue weighted by atomic mass is 32.2. The van der Waals surface area contributed by atoms with Gasteiger partial charge in [0.15, 0.2) is 0 Å². The van der Waals surface area contributed by atoms with E-state index in [1.807, 2.05) is 36.1 Å². The van der Waals surface area contributed by atoms with Crippen molar-refractivity contribution in [2.24, 2.45) is 11.1 Å². The van der Waals surface area contributed by atoms with Crippen LogP contribution < -0.4 is 10.0 Å². The maximum Gasteiger partial charge on any atom is 0.416 e. The minimum Gasteiger partial charge on any atom is -0.306 e. The Kier molecular flexibility index (Phi) is 9.42. The first-order valence-electron chi connectivity index (χ1n) is 14.3. The van der Waals surface area contributed by atoms with Crippen molar-refractivity contribution in [3.8, 4) is 0 Å². The standard InChI is InChI=1S/C27H28N2O.C7H6F3NOS/c1-19-8-7-13-23(28-19)18-29(24-15-14-20-9-5-6-12-22(20)16-24)27(30)26-17-25(26)21-10-3-2-4-11-21;8-7(9,10)5-1-3-6(4-2-5)13(11)12/h2-4,7-8,10-11,13-16,25-26H,5-6,9,12,17-18H2,1H3;1-4H,11H2/t25-,26+;/m1./s1. The van der Waals surface area contributed by atoms with Crippen molar-refractivity contribution >= 4 is 22.6 Å². The number of anilines is 1. The number of benzene rings is 3. The Balaban J connectivity index is 0.000000239. The number of aryl methyl sites for hydroxylation is 3. The van der Waals surface area contributed by atoms with Gasteiger partial charge in [0.25, 0.3) is 0 Å². The molecule has 0 radical (unpaired) electrons. The molecule has 6 rings (SSSR count). The molecule has 3 aromatic carbocycles. The molecule has 2 aliphatic carbocycles. The second kappa shape index (κ2) is 13.2. The number of fused-ring (bicyclic) bond motifs is 1. The summed E-state index contributed by atoms with van der Waals surface area (Å²) in [5.41, 5.74) is 6.29. The topological polar surface area (TPSA) is 76.3 Å². The van der Waals surface area contributed by atoms with Gasteiger partial charge >= 0.3 is 6.18 Å². The number of halogens is 3. The normalized spacial score (nSPS) is 18.1. The fraction of sp³-hybridized carbons (Fsp3) is 0.294. The third-order valence-electron chi connectivity index (χ3n) is 7.93. The van der Waals surface area contributed by atoms with Crippen LogP contribution >= 0.6 is 0 Å². The maximum absolute atomic E-state index is 13.6. The van der Waals surface area contributed by atoms with Crippen molar-refractivity contribution < 1.29 is 22.2 Å². The summed E-state index contributed by atoms with van der Waals surface area (Å²) in [6.07, 6.45) is 1.34. The largest absolute Gasteiger partial charge is 0.416 e. The Hall–Kier alpha value is -3.82. The highest BCUT2D eigenvalue weighted by Gasteiger charge is 2.46. The fourth-order valence-electron chi connectivity index (χ4n) is 5.55. The van der Waals surface area contributed by atoms with Crippen LogP contribution in [-0.4, -0.2) is 15.1 Å². The van der Waals surface area contributed by atoms with Crippen LogP contribution in [0.25, 0.3) is 0 Å². The molecule has 0 spiro atoms. The first-order valence-corrected chi connectivity index (χ1v) is 15.6. The lowest BCUT2D eigenvalue weighted by Gasteiger charge is -2.25. The average molecular weight is 606 g/mol. The van der Waals surface area contributed by atoms with E-state index in [-0.39, 0.29) is 16.7 Å². The number of hydrogen-bond donors (Lipinski definition) is 1. The van der Waals surface area contributed by atoms with Gasteiger partial charge in [0.05, 0.1) is 22.7 Å². The molecule has 0 aliphatic heterocycles. The molecule has 1 unspecified atom stereocenters. The molecule has 0 saturated heterocycles. The lowest BCUT2D eigenvalue weighted by Crippen LogP contribution is -2.32. The number of aromatic nitrogens is 1. The number of amides is 1. The van der Waals surface area contributed by atoms with Gasteiger partial charge in [-0.1, -0.05) is 42.5 Å². The molecule has 0 bridgehead atoms. The molecular weight excluding hydrogens is 571 g/mol. The summed E-state index contributed by atoms with van der Waals surface area (Å²) in [5, 5.41) is 4.96. The summed E-state index contributed by atoms with van der Waals surface area (Å²) in [6, 6.07) is 27.0. The van der Waals surface area contributed by atoms with Gasteiger partial charge in [0.1, 0.15) is 11.0 Å². The van der Waals surface area contributed by atoms with Gasteiger partial charge in [-0.05, 0) is 110 Å². The zero-order valence-electron chi connectivity index (χ0n) is 23.9. The van der Waals surface area contributed by atoms with E-state index in [0.717, 1.165) is 60.6 Å². The molecule has 2 N–H and O–H groups in total. The quantitative estimate of drug-likeness (QED) is 0.251. The molecular formula is C34H34F3N3O2S. The molecule has 5 nitrogen and oxygen atoms in total. The Morgan fingerprint density at radius 2 is 1.63 bits per heavy atom. The molecule has 1 fully saturated rings. The van der Waals surface area contributed by atoms with Crippen LogP contribution in [-0.2, 0) is 41.3 Å². The summed E-state index contributed by atoms with van der Waals surface area (Å²) < 4.78 is 46.7. The highest BCUT2D eigenvalue weighted by Crippen LogP contribution is 2.49. The van der Waals surface area contributed by atoms with Crippen LogP contribution in [0.2, 0.25) is 0 Å². The summed E-state index contributed by atoms with van der Waals surface area (Å²) in [6.45, 7) is 2.53. The van der Waals surface area contributed by atoms with E-state index < -0.39 is 22.7 Å². The third kappa shape index (κ3) is 7.77. The SMILES string of the molecule is Cc1cccc(CN(C(=O)[C@H]2C[C@@H]2c2ccccc2)c2ccc3c(c2)CCCC3)n1.NS(=O)c1ccc(C(F)(F)F)cc1. The van der Waals surface area contributed by atoms with Gasteiger partial charge in [-0.2, -0.15) is 13.2 Å². The minimum atomic E-state index is -4.37. The predicted molar refractivity (Wildman–Crippen MR) is 163 cm³/mol. The first-order chi connectivity index (χ1) is 20.6. The van der Waals surface area contributed by atoms with Crippen molar-refractivity contribution in [2.75, 3.05) is 4.90 Å². The molecule has 3 atom stereocenters. The van der Waals surface area contributed by atoms with Gasteiger partial charge < -0.3 is 4.90 Å². The summed E-state index contributed by atoms with van der Waals surface area (Å²) in [5.74, 6) is 0.625. The van der Waals surface area contributed by atoms with Crippen LogP contribution in [0.15, 0.2) is 95.9 Å². The number of hydrogen-bond acceptors (Lipinski definition) is 3. The zero-order valence-corrected chi connectivity index (χ0v) is 24.7. The number of pyridine rings is 1. The highest BCUT2D eigenvalue weighted by molar-refractivity contribution is 7.82. The average Bonchev–Trinajstić information content (AvgIpc) is 3.81. The van der Waals surface area contributed by atoms with E-state index in [9.17, 15) is 22.2 Å². The van der Waals surface area contributed by atoms with E-state index in [4.69, 9.17) is 5.14 Å².